The molecule has 0 unspecified atom stereocenters. The molecule has 0 aromatic heterocycles. The molecule has 2 aromatic rings. The summed E-state index contributed by atoms with van der Waals surface area (Å²) in [5, 5.41) is 6.28. The fraction of sp³-hybridized carbons (Fsp3) is 0.176. The number of hydrogen-bond acceptors (Lipinski definition) is 2. The molecular formula is C17H19FN4O. The van der Waals surface area contributed by atoms with E-state index in [2.05, 4.69) is 15.6 Å². The summed E-state index contributed by atoms with van der Waals surface area (Å²) in [4.78, 5) is 15.3. The summed E-state index contributed by atoms with van der Waals surface area (Å²) < 4.78 is 12.9. The lowest BCUT2D eigenvalue weighted by atomic mass is 10.1. The van der Waals surface area contributed by atoms with Crippen LogP contribution in [0.3, 0.4) is 0 Å². The van der Waals surface area contributed by atoms with Gasteiger partial charge in [0.25, 0.3) is 0 Å². The largest absolute Gasteiger partial charge is 0.366 e. The van der Waals surface area contributed by atoms with Gasteiger partial charge in [0, 0.05) is 25.7 Å². The second kappa shape index (κ2) is 7.93. The zero-order valence-corrected chi connectivity index (χ0v) is 12.8. The number of rotatable bonds is 5. The molecule has 0 aliphatic rings. The second-order valence-electron chi connectivity index (χ2n) is 4.97. The Labute approximate surface area is 134 Å². The van der Waals surface area contributed by atoms with E-state index in [4.69, 9.17) is 5.73 Å². The van der Waals surface area contributed by atoms with Crippen LogP contribution >= 0.6 is 0 Å². The van der Waals surface area contributed by atoms with Crippen molar-refractivity contribution < 1.29 is 9.18 Å². The van der Waals surface area contributed by atoms with Crippen molar-refractivity contribution in [1.82, 2.24) is 10.6 Å². The number of aliphatic imine (C=N–C) groups is 1. The number of carbonyl (C=O) groups excluding carboxylic acids is 1. The maximum absolute atomic E-state index is 12.9. The van der Waals surface area contributed by atoms with E-state index < -0.39 is 5.91 Å². The molecule has 0 radical (unpaired) electrons. The van der Waals surface area contributed by atoms with Gasteiger partial charge < -0.3 is 16.4 Å². The van der Waals surface area contributed by atoms with E-state index in [0.717, 1.165) is 11.1 Å². The minimum Gasteiger partial charge on any atom is -0.366 e. The highest BCUT2D eigenvalue weighted by Crippen LogP contribution is 2.05. The number of nitrogens with two attached hydrogens (primary N) is 1. The van der Waals surface area contributed by atoms with Crippen molar-refractivity contribution >= 4 is 11.9 Å². The van der Waals surface area contributed by atoms with Crippen molar-refractivity contribution in [2.75, 3.05) is 7.05 Å². The normalized spacial score (nSPS) is 11.1. The second-order valence-corrected chi connectivity index (χ2v) is 4.97. The minimum atomic E-state index is -0.453. The van der Waals surface area contributed by atoms with Gasteiger partial charge in [-0.25, -0.2) is 4.39 Å². The molecule has 0 saturated carbocycles. The number of nitrogens with one attached hydrogen (secondary N) is 2. The van der Waals surface area contributed by atoms with Gasteiger partial charge in [-0.05, 0) is 35.4 Å². The first-order valence-electron chi connectivity index (χ1n) is 7.16. The molecule has 0 spiro atoms. The van der Waals surface area contributed by atoms with Crippen molar-refractivity contribution in [1.29, 1.82) is 0 Å². The third-order valence-electron chi connectivity index (χ3n) is 3.27. The van der Waals surface area contributed by atoms with Gasteiger partial charge in [0.05, 0.1) is 0 Å². The highest BCUT2D eigenvalue weighted by Gasteiger charge is 2.03. The van der Waals surface area contributed by atoms with E-state index >= 15 is 0 Å². The zero-order chi connectivity index (χ0) is 16.7. The monoisotopic (exact) mass is 314 g/mol. The molecule has 0 bridgehead atoms. The SMILES string of the molecule is CN=C(NCc1ccc(F)cc1)NCc1cccc(C(N)=O)c1. The minimum absolute atomic E-state index is 0.259. The van der Waals surface area contributed by atoms with Crippen LogP contribution in [0.15, 0.2) is 53.5 Å². The van der Waals surface area contributed by atoms with E-state index in [-0.39, 0.29) is 5.82 Å². The highest BCUT2D eigenvalue weighted by atomic mass is 19.1. The van der Waals surface area contributed by atoms with Gasteiger partial charge in [0.2, 0.25) is 5.91 Å². The lowest BCUT2D eigenvalue weighted by Crippen LogP contribution is -2.36. The summed E-state index contributed by atoms with van der Waals surface area (Å²) in [6.07, 6.45) is 0. The highest BCUT2D eigenvalue weighted by molar-refractivity contribution is 5.92. The number of halogens is 1. The van der Waals surface area contributed by atoms with Crippen molar-refractivity contribution in [3.8, 4) is 0 Å². The number of primary amides is 1. The Balaban J connectivity index is 1.89. The molecule has 2 aromatic carbocycles. The summed E-state index contributed by atoms with van der Waals surface area (Å²) in [7, 11) is 1.67. The Morgan fingerprint density at radius 3 is 2.35 bits per heavy atom. The van der Waals surface area contributed by atoms with E-state index in [0.29, 0.717) is 24.6 Å². The lowest BCUT2D eigenvalue weighted by Gasteiger charge is -2.12. The first kappa shape index (κ1) is 16.5. The van der Waals surface area contributed by atoms with E-state index in [1.54, 1.807) is 37.4 Å². The number of nitrogens with zero attached hydrogens (tertiary/aromatic N) is 1. The number of carbonyl (C=O) groups is 1. The Kier molecular flexibility index (Phi) is 5.68. The summed E-state index contributed by atoms with van der Waals surface area (Å²) in [6, 6.07) is 13.4. The van der Waals surface area contributed by atoms with Crippen LogP contribution < -0.4 is 16.4 Å². The fourth-order valence-electron chi connectivity index (χ4n) is 2.03. The predicted molar refractivity (Wildman–Crippen MR) is 88.4 cm³/mol. The predicted octanol–water partition coefficient (Wildman–Crippen LogP) is 1.79. The standard InChI is InChI=1S/C17H19FN4O/c1-20-17(21-10-12-5-7-15(18)8-6-12)22-11-13-3-2-4-14(9-13)16(19)23/h2-9H,10-11H2,1H3,(H2,19,23)(H2,20,21,22). The Bertz CT molecular complexity index is 698. The molecule has 2 rings (SSSR count). The maximum Gasteiger partial charge on any atom is 0.248 e. The van der Waals surface area contributed by atoms with Gasteiger partial charge in [0.15, 0.2) is 5.96 Å². The zero-order valence-electron chi connectivity index (χ0n) is 12.8. The quantitative estimate of drug-likeness (QED) is 0.581. The van der Waals surface area contributed by atoms with Gasteiger partial charge in [-0.15, -0.1) is 0 Å². The number of amides is 1. The van der Waals surface area contributed by atoms with Crippen LogP contribution in [0.2, 0.25) is 0 Å². The van der Waals surface area contributed by atoms with Gasteiger partial charge >= 0.3 is 0 Å². The smallest absolute Gasteiger partial charge is 0.248 e. The van der Waals surface area contributed by atoms with Crippen LogP contribution in [-0.2, 0) is 13.1 Å². The average Bonchev–Trinajstić information content (AvgIpc) is 2.57. The third kappa shape index (κ3) is 5.10. The summed E-state index contributed by atoms with van der Waals surface area (Å²) in [5.41, 5.74) is 7.61. The van der Waals surface area contributed by atoms with Crippen LogP contribution in [0, 0.1) is 5.82 Å². The number of hydrogen-bond donors (Lipinski definition) is 3. The molecule has 1 amide bonds. The van der Waals surface area contributed by atoms with Gasteiger partial charge in [0.1, 0.15) is 5.82 Å². The molecule has 5 nitrogen and oxygen atoms in total. The Morgan fingerprint density at radius 1 is 1.09 bits per heavy atom. The molecule has 6 heteroatoms. The molecule has 0 aliphatic heterocycles. The molecule has 120 valence electrons. The van der Waals surface area contributed by atoms with Gasteiger partial charge in [-0.2, -0.15) is 0 Å². The maximum atomic E-state index is 12.9. The van der Waals surface area contributed by atoms with E-state index in [9.17, 15) is 9.18 Å². The van der Waals surface area contributed by atoms with Crippen LogP contribution in [-0.4, -0.2) is 18.9 Å². The molecule has 0 fully saturated rings. The van der Waals surface area contributed by atoms with Crippen LogP contribution in [0.25, 0.3) is 0 Å². The van der Waals surface area contributed by atoms with Crippen LogP contribution in [0.1, 0.15) is 21.5 Å². The van der Waals surface area contributed by atoms with E-state index in [1.165, 1.54) is 12.1 Å². The van der Waals surface area contributed by atoms with Gasteiger partial charge in [-0.3, -0.25) is 9.79 Å². The molecule has 0 heterocycles. The topological polar surface area (TPSA) is 79.5 Å². The van der Waals surface area contributed by atoms with Crippen molar-refractivity contribution in [3.05, 3.63) is 71.0 Å². The molecular weight excluding hydrogens is 295 g/mol. The van der Waals surface area contributed by atoms with E-state index in [1.807, 2.05) is 6.07 Å². The third-order valence-corrected chi connectivity index (χ3v) is 3.27. The first-order chi connectivity index (χ1) is 11.1. The van der Waals surface area contributed by atoms with Crippen molar-refractivity contribution in [2.45, 2.75) is 13.1 Å². The summed E-state index contributed by atoms with van der Waals surface area (Å²) in [5.74, 6) is -0.102. The first-order valence-corrected chi connectivity index (χ1v) is 7.16. The number of benzene rings is 2. The Hall–Kier alpha value is -2.89. The summed E-state index contributed by atoms with van der Waals surface area (Å²) >= 11 is 0. The van der Waals surface area contributed by atoms with Crippen LogP contribution in [0.5, 0.6) is 0 Å². The lowest BCUT2D eigenvalue weighted by molar-refractivity contribution is 0.1000. The van der Waals surface area contributed by atoms with Gasteiger partial charge in [-0.1, -0.05) is 24.3 Å². The molecule has 4 N–H and O–H groups in total. The number of guanidine groups is 1. The molecule has 0 aliphatic carbocycles. The van der Waals surface area contributed by atoms with Crippen molar-refractivity contribution in [2.24, 2.45) is 10.7 Å². The van der Waals surface area contributed by atoms with Crippen molar-refractivity contribution in [3.63, 3.8) is 0 Å². The average molecular weight is 314 g/mol. The fourth-order valence-corrected chi connectivity index (χ4v) is 2.03. The molecule has 0 saturated heterocycles. The Morgan fingerprint density at radius 2 is 1.74 bits per heavy atom. The van der Waals surface area contributed by atoms with Crippen LogP contribution in [0.4, 0.5) is 4.39 Å². The summed E-state index contributed by atoms with van der Waals surface area (Å²) in [6.45, 7) is 1.03. The molecule has 0 atom stereocenters. The molecule has 23 heavy (non-hydrogen) atoms.